The molecule has 0 radical (unpaired) electrons. The lowest BCUT2D eigenvalue weighted by molar-refractivity contribution is -0.119. The Morgan fingerprint density at radius 1 is 0.933 bits per heavy atom. The Bertz CT molecular complexity index is 961. The first kappa shape index (κ1) is 22.0. The maximum absolute atomic E-state index is 13.3. The number of hydrogen-bond acceptors (Lipinski definition) is 4. The van der Waals surface area contributed by atoms with Gasteiger partial charge in [0.25, 0.3) is 15.9 Å². The first-order valence-electron chi connectivity index (χ1n) is 10.5. The zero-order valence-corrected chi connectivity index (χ0v) is 18.2. The average molecular weight is 428 g/mol. The van der Waals surface area contributed by atoms with Crippen molar-refractivity contribution in [3.63, 3.8) is 0 Å². The highest BCUT2D eigenvalue weighted by Crippen LogP contribution is 2.24. The fourth-order valence-corrected chi connectivity index (χ4v) is 4.92. The van der Waals surface area contributed by atoms with Crippen molar-refractivity contribution in [2.24, 2.45) is 5.10 Å². The quantitative estimate of drug-likeness (QED) is 0.694. The standard InChI is InChI=1S/C23H29N3O3S/c1-19-14-16-21(17-15-19)26(30(28,29)22-12-8-5-9-13-22)18-23(27)25-24-20-10-6-3-2-4-7-11-20/h5,8-9,12-17H,2-4,6-7,10-11,18H2,1H3,(H,25,27). The number of nitrogens with one attached hydrogen (secondary N) is 1. The van der Waals surface area contributed by atoms with Crippen LogP contribution in [0.5, 0.6) is 0 Å². The Hall–Kier alpha value is -2.67. The number of carbonyl (C=O) groups excluding carboxylic acids is 1. The Morgan fingerprint density at radius 3 is 2.17 bits per heavy atom. The molecular formula is C23H29N3O3S. The number of benzene rings is 2. The topological polar surface area (TPSA) is 78.8 Å². The van der Waals surface area contributed by atoms with Crippen LogP contribution in [0.15, 0.2) is 64.6 Å². The number of sulfonamides is 1. The minimum atomic E-state index is -3.89. The number of rotatable bonds is 6. The molecule has 1 fully saturated rings. The smallest absolute Gasteiger partial charge is 0.264 e. The van der Waals surface area contributed by atoms with E-state index in [4.69, 9.17) is 0 Å². The van der Waals surface area contributed by atoms with E-state index in [1.54, 1.807) is 30.3 Å². The van der Waals surface area contributed by atoms with E-state index in [2.05, 4.69) is 10.5 Å². The maximum atomic E-state index is 13.3. The molecule has 0 unspecified atom stereocenters. The fraction of sp³-hybridized carbons (Fsp3) is 0.391. The zero-order chi connectivity index (χ0) is 21.4. The molecule has 2 aromatic rings. The summed E-state index contributed by atoms with van der Waals surface area (Å²) in [5, 5.41) is 4.30. The number of hydrogen-bond donors (Lipinski definition) is 1. The molecule has 0 aliphatic heterocycles. The number of amides is 1. The van der Waals surface area contributed by atoms with Gasteiger partial charge in [0.1, 0.15) is 6.54 Å². The Kier molecular flexibility index (Phi) is 7.63. The van der Waals surface area contributed by atoms with Gasteiger partial charge in [0.2, 0.25) is 0 Å². The van der Waals surface area contributed by atoms with Crippen molar-refractivity contribution >= 4 is 27.3 Å². The summed E-state index contributed by atoms with van der Waals surface area (Å²) in [6.45, 7) is 1.59. The summed E-state index contributed by atoms with van der Waals surface area (Å²) >= 11 is 0. The molecule has 0 heterocycles. The molecule has 30 heavy (non-hydrogen) atoms. The molecule has 0 saturated heterocycles. The van der Waals surface area contributed by atoms with Crippen molar-refractivity contribution < 1.29 is 13.2 Å². The largest absolute Gasteiger partial charge is 0.271 e. The van der Waals surface area contributed by atoms with Crippen LogP contribution in [-0.4, -0.2) is 26.6 Å². The first-order valence-corrected chi connectivity index (χ1v) is 11.9. The van der Waals surface area contributed by atoms with Crippen molar-refractivity contribution in [2.75, 3.05) is 10.8 Å². The molecule has 3 rings (SSSR count). The van der Waals surface area contributed by atoms with Crippen LogP contribution in [0.3, 0.4) is 0 Å². The van der Waals surface area contributed by atoms with Crippen LogP contribution >= 0.6 is 0 Å². The zero-order valence-electron chi connectivity index (χ0n) is 17.4. The van der Waals surface area contributed by atoms with Crippen LogP contribution in [0, 0.1) is 6.92 Å². The lowest BCUT2D eigenvalue weighted by Gasteiger charge is -2.24. The van der Waals surface area contributed by atoms with Crippen molar-refractivity contribution in [3.8, 4) is 0 Å². The second kappa shape index (κ2) is 10.4. The summed E-state index contributed by atoms with van der Waals surface area (Å²) in [6.07, 6.45) is 7.53. The summed E-state index contributed by atoms with van der Waals surface area (Å²) in [5.41, 5.74) is 5.01. The van der Waals surface area contributed by atoms with E-state index in [-0.39, 0.29) is 11.4 Å². The van der Waals surface area contributed by atoms with E-state index in [0.717, 1.165) is 41.3 Å². The highest BCUT2D eigenvalue weighted by molar-refractivity contribution is 7.92. The predicted molar refractivity (Wildman–Crippen MR) is 120 cm³/mol. The molecule has 1 amide bonds. The average Bonchev–Trinajstić information content (AvgIpc) is 2.72. The number of anilines is 1. The molecule has 1 aliphatic carbocycles. The molecule has 0 aromatic heterocycles. The van der Waals surface area contributed by atoms with Crippen LogP contribution in [0.25, 0.3) is 0 Å². The first-order chi connectivity index (χ1) is 14.5. The Balaban J connectivity index is 1.80. The maximum Gasteiger partial charge on any atom is 0.264 e. The van der Waals surface area contributed by atoms with E-state index in [1.807, 2.05) is 19.1 Å². The van der Waals surface area contributed by atoms with Crippen molar-refractivity contribution in [1.29, 1.82) is 0 Å². The van der Waals surface area contributed by atoms with E-state index >= 15 is 0 Å². The molecule has 160 valence electrons. The predicted octanol–water partition coefficient (Wildman–Crippen LogP) is 4.41. The molecule has 2 aromatic carbocycles. The summed E-state index contributed by atoms with van der Waals surface area (Å²) in [7, 11) is -3.89. The Morgan fingerprint density at radius 2 is 1.53 bits per heavy atom. The van der Waals surface area contributed by atoms with Crippen molar-refractivity contribution in [1.82, 2.24) is 5.43 Å². The SMILES string of the molecule is Cc1ccc(N(CC(=O)NN=C2CCCCCCC2)S(=O)(=O)c2ccccc2)cc1. The molecule has 6 nitrogen and oxygen atoms in total. The number of hydrazone groups is 1. The lowest BCUT2D eigenvalue weighted by atomic mass is 9.99. The molecule has 1 N–H and O–H groups in total. The summed E-state index contributed by atoms with van der Waals surface area (Å²) in [4.78, 5) is 12.8. The van der Waals surface area contributed by atoms with Crippen LogP contribution in [0.4, 0.5) is 5.69 Å². The van der Waals surface area contributed by atoms with Gasteiger partial charge in [-0.1, -0.05) is 55.2 Å². The van der Waals surface area contributed by atoms with E-state index in [9.17, 15) is 13.2 Å². The monoisotopic (exact) mass is 427 g/mol. The van der Waals surface area contributed by atoms with Gasteiger partial charge in [-0.2, -0.15) is 5.10 Å². The normalized spacial score (nSPS) is 15.0. The van der Waals surface area contributed by atoms with Gasteiger partial charge in [-0.25, -0.2) is 13.8 Å². The van der Waals surface area contributed by atoms with E-state index in [1.165, 1.54) is 31.4 Å². The molecule has 1 saturated carbocycles. The third-order valence-electron chi connectivity index (χ3n) is 5.21. The molecule has 0 bridgehead atoms. The van der Waals surface area contributed by atoms with Crippen LogP contribution in [0.2, 0.25) is 0 Å². The summed E-state index contributed by atoms with van der Waals surface area (Å²) < 4.78 is 27.6. The molecule has 1 aliphatic rings. The van der Waals surface area contributed by atoms with Crippen LogP contribution < -0.4 is 9.73 Å². The van der Waals surface area contributed by atoms with Crippen LogP contribution in [0.1, 0.15) is 50.5 Å². The van der Waals surface area contributed by atoms with E-state index < -0.39 is 15.9 Å². The third kappa shape index (κ3) is 5.92. The highest BCUT2D eigenvalue weighted by atomic mass is 32.2. The third-order valence-corrected chi connectivity index (χ3v) is 7.00. The van der Waals surface area contributed by atoms with Gasteiger partial charge in [0.05, 0.1) is 10.6 Å². The van der Waals surface area contributed by atoms with E-state index in [0.29, 0.717) is 5.69 Å². The van der Waals surface area contributed by atoms with Gasteiger partial charge in [-0.3, -0.25) is 9.10 Å². The highest BCUT2D eigenvalue weighted by Gasteiger charge is 2.27. The molecule has 0 spiro atoms. The minimum Gasteiger partial charge on any atom is -0.271 e. The molecule has 0 atom stereocenters. The molecular weight excluding hydrogens is 398 g/mol. The van der Waals surface area contributed by atoms with Crippen molar-refractivity contribution in [2.45, 2.75) is 56.8 Å². The second-order valence-corrected chi connectivity index (χ2v) is 9.50. The number of aryl methyl sites for hydroxylation is 1. The van der Waals surface area contributed by atoms with Gasteiger partial charge >= 0.3 is 0 Å². The Labute approximate surface area is 179 Å². The van der Waals surface area contributed by atoms with Gasteiger partial charge in [0, 0.05) is 5.71 Å². The number of nitrogens with zero attached hydrogens (tertiary/aromatic N) is 2. The summed E-state index contributed by atoms with van der Waals surface area (Å²) in [6, 6.07) is 15.2. The van der Waals surface area contributed by atoms with Crippen molar-refractivity contribution in [3.05, 3.63) is 60.2 Å². The van der Waals surface area contributed by atoms with Gasteiger partial charge in [0.15, 0.2) is 0 Å². The van der Waals surface area contributed by atoms with Gasteiger partial charge in [-0.15, -0.1) is 0 Å². The van der Waals surface area contributed by atoms with Gasteiger partial charge < -0.3 is 0 Å². The lowest BCUT2D eigenvalue weighted by Crippen LogP contribution is -2.39. The number of carbonyl (C=O) groups is 1. The van der Waals surface area contributed by atoms with Gasteiger partial charge in [-0.05, 0) is 56.9 Å². The second-order valence-electron chi connectivity index (χ2n) is 7.64. The summed E-state index contributed by atoms with van der Waals surface area (Å²) in [5.74, 6) is -0.454. The molecule has 7 heteroatoms. The van der Waals surface area contributed by atoms with Crippen LogP contribution in [-0.2, 0) is 14.8 Å². The minimum absolute atomic E-state index is 0.143. The fourth-order valence-electron chi connectivity index (χ4n) is 3.48.